The first kappa shape index (κ1) is 12.3. The zero-order valence-electron chi connectivity index (χ0n) is 9.47. The highest BCUT2D eigenvalue weighted by molar-refractivity contribution is 5.99. The number of primary amides is 1. The Morgan fingerprint density at radius 3 is 2.69 bits per heavy atom. The fraction of sp³-hybridized carbons (Fsp3) is 0.364. The first-order valence-electron chi connectivity index (χ1n) is 5.00. The summed E-state index contributed by atoms with van der Waals surface area (Å²) in [6.45, 7) is 2.17. The van der Waals surface area contributed by atoms with Gasteiger partial charge in [-0.25, -0.2) is 0 Å². The number of carbonyl (C=O) groups is 1. The zero-order valence-corrected chi connectivity index (χ0v) is 9.47. The molecule has 1 amide bonds. The molecule has 0 bridgehead atoms. The Bertz CT molecular complexity index is 391. The first-order valence-corrected chi connectivity index (χ1v) is 5.00. The molecule has 1 atom stereocenters. The number of hydrogen-bond donors (Lipinski definition) is 3. The lowest BCUT2D eigenvalue weighted by molar-refractivity contribution is 0.100. The number of aliphatic hydroxyl groups is 1. The zero-order chi connectivity index (χ0) is 12.3. The molecule has 0 saturated carbocycles. The summed E-state index contributed by atoms with van der Waals surface area (Å²) in [5.74, 6) is -0.551. The fourth-order valence-corrected chi connectivity index (χ4v) is 1.50. The molecular formula is C11H17N3O2. The summed E-state index contributed by atoms with van der Waals surface area (Å²) in [7, 11) is 1.82. The number of amides is 1. The average Bonchev–Trinajstić information content (AvgIpc) is 2.16. The second-order valence-corrected chi connectivity index (χ2v) is 3.87. The van der Waals surface area contributed by atoms with Crippen LogP contribution < -0.4 is 16.4 Å². The third-order valence-corrected chi connectivity index (χ3v) is 2.28. The van der Waals surface area contributed by atoms with Crippen LogP contribution in [0.15, 0.2) is 18.2 Å². The van der Waals surface area contributed by atoms with Gasteiger partial charge in [-0.05, 0) is 25.1 Å². The van der Waals surface area contributed by atoms with Gasteiger partial charge in [-0.1, -0.05) is 0 Å². The SMILES string of the molecule is CC(O)CN(C)c1ccc(N)c(C(N)=O)c1. The van der Waals surface area contributed by atoms with Gasteiger partial charge in [0.2, 0.25) is 0 Å². The maximum absolute atomic E-state index is 11.1. The number of nitrogens with two attached hydrogens (primary N) is 2. The van der Waals surface area contributed by atoms with Gasteiger partial charge in [-0.2, -0.15) is 0 Å². The van der Waals surface area contributed by atoms with Crippen LogP contribution in [0.3, 0.4) is 0 Å². The van der Waals surface area contributed by atoms with Crippen molar-refractivity contribution in [3.8, 4) is 0 Å². The van der Waals surface area contributed by atoms with Crippen molar-refractivity contribution in [2.75, 3.05) is 24.2 Å². The van der Waals surface area contributed by atoms with E-state index in [2.05, 4.69) is 0 Å². The number of nitrogen functional groups attached to an aromatic ring is 1. The van der Waals surface area contributed by atoms with Gasteiger partial charge >= 0.3 is 0 Å². The molecule has 0 heterocycles. The molecule has 1 rings (SSSR count). The summed E-state index contributed by atoms with van der Waals surface area (Å²) < 4.78 is 0. The minimum atomic E-state index is -0.551. The van der Waals surface area contributed by atoms with Crippen molar-refractivity contribution in [3.05, 3.63) is 23.8 Å². The Morgan fingerprint density at radius 1 is 1.56 bits per heavy atom. The molecule has 5 nitrogen and oxygen atoms in total. The van der Waals surface area contributed by atoms with Crippen molar-refractivity contribution < 1.29 is 9.90 Å². The van der Waals surface area contributed by atoms with E-state index in [-0.39, 0.29) is 0 Å². The summed E-state index contributed by atoms with van der Waals surface area (Å²) in [5, 5.41) is 9.26. The highest BCUT2D eigenvalue weighted by atomic mass is 16.3. The van der Waals surface area contributed by atoms with Crippen LogP contribution >= 0.6 is 0 Å². The number of nitrogens with zero attached hydrogens (tertiary/aromatic N) is 1. The summed E-state index contributed by atoms with van der Waals surface area (Å²) in [4.78, 5) is 12.9. The molecule has 0 aliphatic heterocycles. The number of anilines is 2. The van der Waals surface area contributed by atoms with Crippen LogP contribution in [0.5, 0.6) is 0 Å². The number of hydrogen-bond acceptors (Lipinski definition) is 4. The molecule has 16 heavy (non-hydrogen) atoms. The van der Waals surface area contributed by atoms with E-state index < -0.39 is 12.0 Å². The highest BCUT2D eigenvalue weighted by Crippen LogP contribution is 2.20. The number of likely N-dealkylation sites (N-methyl/N-ethyl adjacent to an activating group) is 1. The summed E-state index contributed by atoms with van der Waals surface area (Å²) in [5.41, 5.74) is 12.3. The van der Waals surface area contributed by atoms with Gasteiger partial charge in [0.15, 0.2) is 0 Å². The van der Waals surface area contributed by atoms with E-state index in [1.807, 2.05) is 11.9 Å². The molecular weight excluding hydrogens is 206 g/mol. The maximum atomic E-state index is 11.1. The van der Waals surface area contributed by atoms with E-state index in [4.69, 9.17) is 11.5 Å². The van der Waals surface area contributed by atoms with Gasteiger partial charge in [-0.15, -0.1) is 0 Å². The number of benzene rings is 1. The Labute approximate surface area is 94.7 Å². The van der Waals surface area contributed by atoms with Crippen molar-refractivity contribution in [1.29, 1.82) is 0 Å². The molecule has 1 unspecified atom stereocenters. The predicted octanol–water partition coefficient (Wildman–Crippen LogP) is 0.185. The predicted molar refractivity (Wildman–Crippen MR) is 64.3 cm³/mol. The van der Waals surface area contributed by atoms with Gasteiger partial charge in [0, 0.05) is 25.0 Å². The maximum Gasteiger partial charge on any atom is 0.250 e. The van der Waals surface area contributed by atoms with E-state index >= 15 is 0 Å². The van der Waals surface area contributed by atoms with Gasteiger partial charge in [0.1, 0.15) is 0 Å². The smallest absolute Gasteiger partial charge is 0.250 e. The van der Waals surface area contributed by atoms with Crippen LogP contribution in [0.25, 0.3) is 0 Å². The Balaban J connectivity index is 2.98. The standard InChI is InChI=1S/C11H17N3O2/c1-7(15)6-14(2)8-3-4-10(12)9(5-8)11(13)16/h3-5,7,15H,6,12H2,1-2H3,(H2,13,16). The van der Waals surface area contributed by atoms with Crippen molar-refractivity contribution in [2.45, 2.75) is 13.0 Å². The van der Waals surface area contributed by atoms with Crippen LogP contribution in [-0.2, 0) is 0 Å². The van der Waals surface area contributed by atoms with Crippen molar-refractivity contribution in [3.63, 3.8) is 0 Å². The molecule has 0 radical (unpaired) electrons. The molecule has 0 aliphatic rings. The van der Waals surface area contributed by atoms with Gasteiger partial charge < -0.3 is 21.5 Å². The molecule has 0 fully saturated rings. The minimum Gasteiger partial charge on any atom is -0.398 e. The third-order valence-electron chi connectivity index (χ3n) is 2.28. The molecule has 1 aromatic carbocycles. The van der Waals surface area contributed by atoms with Crippen LogP contribution in [0.4, 0.5) is 11.4 Å². The molecule has 0 saturated heterocycles. The van der Waals surface area contributed by atoms with E-state index in [0.29, 0.717) is 17.8 Å². The second-order valence-electron chi connectivity index (χ2n) is 3.87. The van der Waals surface area contributed by atoms with Crippen LogP contribution in [0.1, 0.15) is 17.3 Å². The molecule has 0 aromatic heterocycles. The van der Waals surface area contributed by atoms with Crippen molar-refractivity contribution in [1.82, 2.24) is 0 Å². The number of rotatable bonds is 4. The molecule has 5 N–H and O–H groups in total. The quantitative estimate of drug-likeness (QED) is 0.635. The Kier molecular flexibility index (Phi) is 3.73. The van der Waals surface area contributed by atoms with Gasteiger partial charge in [-0.3, -0.25) is 4.79 Å². The van der Waals surface area contributed by atoms with E-state index in [9.17, 15) is 9.90 Å². The lowest BCUT2D eigenvalue weighted by Gasteiger charge is -2.21. The first-order chi connectivity index (χ1) is 7.41. The molecule has 0 aliphatic carbocycles. The average molecular weight is 223 g/mol. The fourth-order valence-electron chi connectivity index (χ4n) is 1.50. The summed E-state index contributed by atoms with van der Waals surface area (Å²) in [6.07, 6.45) is -0.445. The van der Waals surface area contributed by atoms with Crippen molar-refractivity contribution in [2.24, 2.45) is 5.73 Å². The number of carbonyl (C=O) groups excluding carboxylic acids is 1. The van der Waals surface area contributed by atoms with Crippen LogP contribution in [-0.4, -0.2) is 30.7 Å². The highest BCUT2D eigenvalue weighted by Gasteiger charge is 2.10. The Morgan fingerprint density at radius 2 is 2.19 bits per heavy atom. The van der Waals surface area contributed by atoms with E-state index in [1.165, 1.54) is 0 Å². The van der Waals surface area contributed by atoms with Gasteiger partial charge in [0.05, 0.1) is 11.7 Å². The molecule has 0 spiro atoms. The van der Waals surface area contributed by atoms with Crippen molar-refractivity contribution >= 4 is 17.3 Å². The van der Waals surface area contributed by atoms with Crippen LogP contribution in [0.2, 0.25) is 0 Å². The Hall–Kier alpha value is -1.75. The van der Waals surface area contributed by atoms with Crippen LogP contribution in [0, 0.1) is 0 Å². The van der Waals surface area contributed by atoms with Gasteiger partial charge in [0.25, 0.3) is 5.91 Å². The molecule has 5 heteroatoms. The minimum absolute atomic E-state index is 0.301. The topological polar surface area (TPSA) is 92.6 Å². The summed E-state index contributed by atoms with van der Waals surface area (Å²) in [6, 6.07) is 5.04. The normalized spacial score (nSPS) is 12.2. The molecule has 1 aromatic rings. The van der Waals surface area contributed by atoms with E-state index in [1.54, 1.807) is 25.1 Å². The molecule has 88 valence electrons. The lowest BCUT2D eigenvalue weighted by Crippen LogP contribution is -2.27. The van der Waals surface area contributed by atoms with E-state index in [0.717, 1.165) is 5.69 Å². The largest absolute Gasteiger partial charge is 0.398 e. The third kappa shape index (κ3) is 2.87. The summed E-state index contributed by atoms with van der Waals surface area (Å²) >= 11 is 0. The number of aliphatic hydroxyl groups excluding tert-OH is 1. The second kappa shape index (κ2) is 4.85. The lowest BCUT2D eigenvalue weighted by atomic mass is 10.1. The monoisotopic (exact) mass is 223 g/mol.